The van der Waals surface area contributed by atoms with Gasteiger partial charge < -0.3 is 10.4 Å². The average Bonchev–Trinajstić information content (AvgIpc) is 2.02. The molecule has 1 atom stereocenters. The predicted molar refractivity (Wildman–Crippen MR) is 53.4 cm³/mol. The highest BCUT2D eigenvalue weighted by Crippen LogP contribution is 2.08. The number of carbonyl (C=O) groups is 1. The standard InChI is InChI=1S/C10H17NO2/c1-7(2)11-6-5-8(3)9(4)10(12)13/h5-8,11H,4H2,1-3H3,(H,12,13)/b6-5+/t8-/m0/s1. The number of aliphatic carboxylic acids is 1. The minimum atomic E-state index is -0.943. The number of carboxylic acids is 1. The van der Waals surface area contributed by atoms with Crippen LogP contribution in [0.4, 0.5) is 0 Å². The Balaban J connectivity index is 3.99. The molecule has 0 amide bonds. The van der Waals surface area contributed by atoms with Gasteiger partial charge in [0.25, 0.3) is 0 Å². The van der Waals surface area contributed by atoms with Gasteiger partial charge in [-0.25, -0.2) is 4.79 Å². The maximum absolute atomic E-state index is 10.5. The quantitative estimate of drug-likeness (QED) is 0.639. The Hall–Kier alpha value is -1.25. The molecule has 74 valence electrons. The normalized spacial score (nSPS) is 13.2. The first-order valence-corrected chi connectivity index (χ1v) is 4.30. The molecule has 0 aromatic rings. The van der Waals surface area contributed by atoms with Gasteiger partial charge in [-0.15, -0.1) is 0 Å². The van der Waals surface area contributed by atoms with Crippen molar-refractivity contribution < 1.29 is 9.90 Å². The summed E-state index contributed by atoms with van der Waals surface area (Å²) in [7, 11) is 0. The van der Waals surface area contributed by atoms with E-state index >= 15 is 0 Å². The fraction of sp³-hybridized carbons (Fsp3) is 0.500. The molecule has 3 heteroatoms. The third kappa shape index (κ3) is 5.06. The minimum Gasteiger partial charge on any atom is -0.478 e. The van der Waals surface area contributed by atoms with Gasteiger partial charge >= 0.3 is 5.97 Å². The van der Waals surface area contributed by atoms with Gasteiger partial charge in [0.15, 0.2) is 0 Å². The third-order valence-electron chi connectivity index (χ3n) is 1.64. The van der Waals surface area contributed by atoms with Crippen LogP contribution in [0.5, 0.6) is 0 Å². The fourth-order valence-electron chi connectivity index (χ4n) is 0.703. The van der Waals surface area contributed by atoms with Crippen LogP contribution in [0.1, 0.15) is 20.8 Å². The van der Waals surface area contributed by atoms with E-state index in [0.717, 1.165) is 0 Å². The Kier molecular flexibility index (Phi) is 4.89. The Labute approximate surface area is 79.2 Å². The molecule has 0 bridgehead atoms. The Morgan fingerprint density at radius 3 is 2.38 bits per heavy atom. The summed E-state index contributed by atoms with van der Waals surface area (Å²) in [4.78, 5) is 10.5. The highest BCUT2D eigenvalue weighted by molar-refractivity contribution is 5.86. The van der Waals surface area contributed by atoms with Crippen LogP contribution in [0.2, 0.25) is 0 Å². The van der Waals surface area contributed by atoms with Crippen LogP contribution in [0.15, 0.2) is 24.4 Å². The molecule has 0 fully saturated rings. The van der Waals surface area contributed by atoms with Crippen molar-refractivity contribution in [1.29, 1.82) is 0 Å². The lowest BCUT2D eigenvalue weighted by Crippen LogP contribution is -2.16. The van der Waals surface area contributed by atoms with Crippen molar-refractivity contribution >= 4 is 5.97 Å². The van der Waals surface area contributed by atoms with Crippen LogP contribution < -0.4 is 5.32 Å². The van der Waals surface area contributed by atoms with Gasteiger partial charge in [-0.1, -0.05) is 19.6 Å². The van der Waals surface area contributed by atoms with E-state index in [1.807, 2.05) is 13.8 Å². The lowest BCUT2D eigenvalue weighted by Gasteiger charge is -2.07. The van der Waals surface area contributed by atoms with Crippen LogP contribution in [-0.4, -0.2) is 17.1 Å². The van der Waals surface area contributed by atoms with E-state index in [1.165, 1.54) is 0 Å². The van der Waals surface area contributed by atoms with Crippen LogP contribution >= 0.6 is 0 Å². The largest absolute Gasteiger partial charge is 0.478 e. The van der Waals surface area contributed by atoms with E-state index < -0.39 is 5.97 Å². The van der Waals surface area contributed by atoms with E-state index in [-0.39, 0.29) is 11.5 Å². The first-order chi connectivity index (χ1) is 5.95. The smallest absolute Gasteiger partial charge is 0.331 e. The molecule has 0 spiro atoms. The Morgan fingerprint density at radius 2 is 2.00 bits per heavy atom. The molecule has 0 unspecified atom stereocenters. The minimum absolute atomic E-state index is 0.135. The first kappa shape index (κ1) is 11.8. The fourth-order valence-corrected chi connectivity index (χ4v) is 0.703. The van der Waals surface area contributed by atoms with Gasteiger partial charge in [0.1, 0.15) is 0 Å². The van der Waals surface area contributed by atoms with Crippen LogP contribution in [-0.2, 0) is 4.79 Å². The molecule has 2 N–H and O–H groups in total. The average molecular weight is 183 g/mol. The summed E-state index contributed by atoms with van der Waals surface area (Å²) in [5.41, 5.74) is 0.210. The van der Waals surface area contributed by atoms with E-state index in [0.29, 0.717) is 6.04 Å². The molecule has 13 heavy (non-hydrogen) atoms. The van der Waals surface area contributed by atoms with E-state index in [9.17, 15) is 4.79 Å². The molecule has 0 saturated heterocycles. The van der Waals surface area contributed by atoms with Crippen LogP contribution in [0, 0.1) is 5.92 Å². The number of hydrogen-bond donors (Lipinski definition) is 2. The molecule has 0 aliphatic heterocycles. The summed E-state index contributed by atoms with van der Waals surface area (Å²) < 4.78 is 0. The van der Waals surface area contributed by atoms with Crippen LogP contribution in [0.3, 0.4) is 0 Å². The molecule has 0 aliphatic rings. The Bertz CT molecular complexity index is 219. The SMILES string of the molecule is C=C(C(=O)O)[C@@H](C)/C=C/NC(C)C. The highest BCUT2D eigenvalue weighted by atomic mass is 16.4. The number of nitrogens with one attached hydrogen (secondary N) is 1. The molecular weight excluding hydrogens is 166 g/mol. The molecule has 0 radical (unpaired) electrons. The summed E-state index contributed by atoms with van der Waals surface area (Å²) in [5, 5.41) is 11.7. The number of allylic oxidation sites excluding steroid dienone is 1. The molecule has 0 aromatic carbocycles. The molecule has 0 heterocycles. The van der Waals surface area contributed by atoms with Gasteiger partial charge in [-0.2, -0.15) is 0 Å². The van der Waals surface area contributed by atoms with Crippen molar-refractivity contribution in [2.24, 2.45) is 5.92 Å². The molecule has 3 nitrogen and oxygen atoms in total. The summed E-state index contributed by atoms with van der Waals surface area (Å²) in [6, 6.07) is 0.363. The lowest BCUT2D eigenvalue weighted by molar-refractivity contribution is -0.133. The summed E-state index contributed by atoms with van der Waals surface area (Å²) in [6.45, 7) is 9.30. The van der Waals surface area contributed by atoms with Gasteiger partial charge in [-0.05, 0) is 20.0 Å². The lowest BCUT2D eigenvalue weighted by atomic mass is 10.0. The van der Waals surface area contributed by atoms with E-state index in [4.69, 9.17) is 5.11 Å². The second-order valence-electron chi connectivity index (χ2n) is 3.30. The second kappa shape index (κ2) is 5.41. The highest BCUT2D eigenvalue weighted by Gasteiger charge is 2.09. The number of carboxylic acid groups (broad SMARTS) is 1. The second-order valence-corrected chi connectivity index (χ2v) is 3.30. The Morgan fingerprint density at radius 1 is 1.46 bits per heavy atom. The van der Waals surface area contributed by atoms with Gasteiger partial charge in [-0.3, -0.25) is 0 Å². The monoisotopic (exact) mass is 183 g/mol. The predicted octanol–water partition coefficient (Wildman–Crippen LogP) is 1.77. The van der Waals surface area contributed by atoms with Gasteiger partial charge in [0, 0.05) is 17.5 Å². The summed E-state index contributed by atoms with van der Waals surface area (Å²) in [5.74, 6) is -1.08. The van der Waals surface area contributed by atoms with E-state index in [1.54, 1.807) is 19.2 Å². The maximum atomic E-state index is 10.5. The number of hydrogen-bond acceptors (Lipinski definition) is 2. The zero-order valence-corrected chi connectivity index (χ0v) is 8.37. The van der Waals surface area contributed by atoms with Crippen molar-refractivity contribution in [3.05, 3.63) is 24.4 Å². The zero-order chi connectivity index (χ0) is 10.4. The third-order valence-corrected chi connectivity index (χ3v) is 1.64. The van der Waals surface area contributed by atoms with Crippen molar-refractivity contribution in [2.45, 2.75) is 26.8 Å². The molecular formula is C10H17NO2. The summed E-state index contributed by atoms with van der Waals surface area (Å²) >= 11 is 0. The number of rotatable bonds is 5. The van der Waals surface area contributed by atoms with Crippen molar-refractivity contribution in [1.82, 2.24) is 5.32 Å². The zero-order valence-electron chi connectivity index (χ0n) is 8.37. The van der Waals surface area contributed by atoms with Crippen molar-refractivity contribution in [2.75, 3.05) is 0 Å². The van der Waals surface area contributed by atoms with Crippen molar-refractivity contribution in [3.63, 3.8) is 0 Å². The molecule has 0 rings (SSSR count). The first-order valence-electron chi connectivity index (χ1n) is 4.30. The van der Waals surface area contributed by atoms with Crippen LogP contribution in [0.25, 0.3) is 0 Å². The van der Waals surface area contributed by atoms with Gasteiger partial charge in [0.2, 0.25) is 0 Å². The topological polar surface area (TPSA) is 49.3 Å². The summed E-state index contributed by atoms with van der Waals surface area (Å²) in [6.07, 6.45) is 3.56. The van der Waals surface area contributed by atoms with Gasteiger partial charge in [0.05, 0.1) is 0 Å². The molecule has 0 aliphatic carbocycles. The van der Waals surface area contributed by atoms with E-state index in [2.05, 4.69) is 11.9 Å². The maximum Gasteiger partial charge on any atom is 0.331 e. The molecule has 0 aromatic heterocycles. The molecule has 0 saturated carbocycles. The van der Waals surface area contributed by atoms with Crippen molar-refractivity contribution in [3.8, 4) is 0 Å².